The van der Waals surface area contributed by atoms with Gasteiger partial charge in [0.05, 0.1) is 0 Å². The van der Waals surface area contributed by atoms with Crippen molar-refractivity contribution < 1.29 is 14.4 Å². The molecule has 0 spiro atoms. The molecule has 0 radical (unpaired) electrons. The smallest absolute Gasteiger partial charge is 0.377 e. The molecule has 6 heteroatoms. The van der Waals surface area contributed by atoms with E-state index < -0.39 is 5.97 Å². The number of aromatic carboxylic acids is 1. The lowest BCUT2D eigenvalue weighted by Gasteiger charge is -1.96. The van der Waals surface area contributed by atoms with Gasteiger partial charge in [-0.3, -0.25) is 0 Å². The van der Waals surface area contributed by atoms with E-state index in [0.29, 0.717) is 5.56 Å². The molecule has 0 saturated carbocycles. The van der Waals surface area contributed by atoms with Crippen molar-refractivity contribution >= 4 is 17.7 Å². The van der Waals surface area contributed by atoms with Crippen molar-refractivity contribution in [2.45, 2.75) is 4.90 Å². The van der Waals surface area contributed by atoms with Crippen LogP contribution in [0.3, 0.4) is 0 Å². The van der Waals surface area contributed by atoms with Gasteiger partial charge < -0.3 is 9.63 Å². The van der Waals surface area contributed by atoms with Gasteiger partial charge in [-0.1, -0.05) is 0 Å². The van der Waals surface area contributed by atoms with Gasteiger partial charge in [0.1, 0.15) is 0 Å². The SMILES string of the molecule is CSc1ccc(-c2nc(C(=O)O)no2)cc1. The molecule has 1 heterocycles. The monoisotopic (exact) mass is 236 g/mol. The number of rotatable bonds is 3. The lowest BCUT2D eigenvalue weighted by molar-refractivity contribution is 0.0680. The van der Waals surface area contributed by atoms with Crippen molar-refractivity contribution in [1.82, 2.24) is 10.1 Å². The topological polar surface area (TPSA) is 76.2 Å². The summed E-state index contributed by atoms with van der Waals surface area (Å²) in [5.74, 6) is -1.32. The number of benzene rings is 1. The van der Waals surface area contributed by atoms with Gasteiger partial charge in [0.15, 0.2) is 0 Å². The molecule has 0 bridgehead atoms. The zero-order chi connectivity index (χ0) is 11.5. The van der Waals surface area contributed by atoms with E-state index >= 15 is 0 Å². The molecule has 2 rings (SSSR count). The van der Waals surface area contributed by atoms with Gasteiger partial charge in [0.25, 0.3) is 11.7 Å². The summed E-state index contributed by atoms with van der Waals surface area (Å²) in [4.78, 5) is 15.4. The molecule has 0 saturated heterocycles. The normalized spacial score (nSPS) is 10.3. The Kier molecular flexibility index (Phi) is 2.91. The number of carboxylic acid groups (broad SMARTS) is 1. The van der Waals surface area contributed by atoms with Crippen molar-refractivity contribution in [2.24, 2.45) is 0 Å². The minimum atomic E-state index is -1.20. The summed E-state index contributed by atoms with van der Waals surface area (Å²) in [5, 5.41) is 12.0. The summed E-state index contributed by atoms with van der Waals surface area (Å²) >= 11 is 1.62. The number of thioether (sulfide) groups is 1. The average Bonchev–Trinajstić information content (AvgIpc) is 2.78. The van der Waals surface area contributed by atoms with Gasteiger partial charge in [-0.2, -0.15) is 4.98 Å². The summed E-state index contributed by atoms with van der Waals surface area (Å²) in [6, 6.07) is 7.44. The number of carboxylic acids is 1. The summed E-state index contributed by atoms with van der Waals surface area (Å²) in [6.07, 6.45) is 1.98. The molecule has 0 aliphatic carbocycles. The van der Waals surface area contributed by atoms with Crippen LogP contribution in [0.2, 0.25) is 0 Å². The number of hydrogen-bond donors (Lipinski definition) is 1. The standard InChI is InChI=1S/C10H8N2O3S/c1-16-7-4-2-6(3-5-7)9-11-8(10(13)14)12-15-9/h2-5H,1H3,(H,13,14). The number of nitrogens with zero attached hydrogens (tertiary/aromatic N) is 2. The van der Waals surface area contributed by atoms with Crippen molar-refractivity contribution in [2.75, 3.05) is 6.26 Å². The zero-order valence-electron chi connectivity index (χ0n) is 8.38. The second-order valence-corrected chi connectivity index (χ2v) is 3.84. The second kappa shape index (κ2) is 4.36. The zero-order valence-corrected chi connectivity index (χ0v) is 9.19. The fraction of sp³-hybridized carbons (Fsp3) is 0.100. The maximum Gasteiger partial charge on any atom is 0.377 e. The highest BCUT2D eigenvalue weighted by Gasteiger charge is 2.13. The molecule has 0 aliphatic heterocycles. The van der Waals surface area contributed by atoms with Crippen LogP contribution in [0.15, 0.2) is 33.7 Å². The van der Waals surface area contributed by atoms with Crippen LogP contribution >= 0.6 is 11.8 Å². The molecule has 1 N–H and O–H groups in total. The summed E-state index contributed by atoms with van der Waals surface area (Å²) in [7, 11) is 0. The van der Waals surface area contributed by atoms with Crippen molar-refractivity contribution in [1.29, 1.82) is 0 Å². The van der Waals surface area contributed by atoms with Gasteiger partial charge in [-0.05, 0) is 35.7 Å². The van der Waals surface area contributed by atoms with Crippen LogP contribution < -0.4 is 0 Å². The minimum absolute atomic E-state index is 0.213. The highest BCUT2D eigenvalue weighted by Crippen LogP contribution is 2.21. The molecule has 0 aliphatic rings. The van der Waals surface area contributed by atoms with E-state index in [1.54, 1.807) is 11.8 Å². The van der Waals surface area contributed by atoms with Crippen molar-refractivity contribution in [3.05, 3.63) is 30.1 Å². The van der Waals surface area contributed by atoms with Crippen LogP contribution in [-0.4, -0.2) is 27.5 Å². The molecule has 0 atom stereocenters. The summed E-state index contributed by atoms with van der Waals surface area (Å²) in [6.45, 7) is 0. The van der Waals surface area contributed by atoms with E-state index in [1.165, 1.54) is 0 Å². The maximum absolute atomic E-state index is 10.6. The lowest BCUT2D eigenvalue weighted by Crippen LogP contribution is -1.98. The molecule has 1 aromatic heterocycles. The quantitative estimate of drug-likeness (QED) is 0.823. The first kappa shape index (κ1) is 10.7. The molecule has 2 aromatic rings. The molecule has 1 aromatic carbocycles. The van der Waals surface area contributed by atoms with Crippen LogP contribution in [0.25, 0.3) is 11.5 Å². The summed E-state index contributed by atoms with van der Waals surface area (Å²) < 4.78 is 4.84. The van der Waals surface area contributed by atoms with E-state index in [2.05, 4.69) is 10.1 Å². The first-order chi connectivity index (χ1) is 7.70. The van der Waals surface area contributed by atoms with Gasteiger partial charge in [-0.15, -0.1) is 11.8 Å². The Morgan fingerprint density at radius 2 is 2.06 bits per heavy atom. The molecule has 0 unspecified atom stereocenters. The highest BCUT2D eigenvalue weighted by molar-refractivity contribution is 7.98. The fourth-order valence-electron chi connectivity index (χ4n) is 1.16. The second-order valence-electron chi connectivity index (χ2n) is 2.96. The van der Waals surface area contributed by atoms with Crippen LogP contribution in [0.1, 0.15) is 10.6 Å². The van der Waals surface area contributed by atoms with Crippen molar-refractivity contribution in [3.8, 4) is 11.5 Å². The third-order valence-corrected chi connectivity index (χ3v) is 2.70. The largest absolute Gasteiger partial charge is 0.475 e. The van der Waals surface area contributed by atoms with Crippen LogP contribution in [0, 0.1) is 0 Å². The Morgan fingerprint density at radius 1 is 1.38 bits per heavy atom. The lowest BCUT2D eigenvalue weighted by atomic mass is 10.2. The Hall–Kier alpha value is -1.82. The summed E-state index contributed by atoms with van der Waals surface area (Å²) in [5.41, 5.74) is 0.706. The predicted octanol–water partition coefficient (Wildman–Crippen LogP) is 2.16. The van der Waals surface area contributed by atoms with E-state index in [1.807, 2.05) is 30.5 Å². The molecule has 16 heavy (non-hydrogen) atoms. The average molecular weight is 236 g/mol. The first-order valence-corrected chi connectivity index (χ1v) is 5.64. The van der Waals surface area contributed by atoms with Crippen molar-refractivity contribution in [3.63, 3.8) is 0 Å². The Bertz CT molecular complexity index is 507. The van der Waals surface area contributed by atoms with Gasteiger partial charge >= 0.3 is 5.97 Å². The predicted molar refractivity (Wildman–Crippen MR) is 58.5 cm³/mol. The minimum Gasteiger partial charge on any atom is -0.475 e. The molecular formula is C10H8N2O3S. The van der Waals surface area contributed by atoms with Gasteiger partial charge in [0.2, 0.25) is 0 Å². The van der Waals surface area contributed by atoms with Crippen LogP contribution in [0.5, 0.6) is 0 Å². The molecule has 0 fully saturated rings. The first-order valence-electron chi connectivity index (χ1n) is 4.42. The number of aromatic nitrogens is 2. The van der Waals surface area contributed by atoms with E-state index in [4.69, 9.17) is 9.63 Å². The third kappa shape index (κ3) is 2.06. The fourth-order valence-corrected chi connectivity index (χ4v) is 1.57. The maximum atomic E-state index is 10.6. The number of carbonyl (C=O) groups is 1. The van der Waals surface area contributed by atoms with Crippen LogP contribution in [0.4, 0.5) is 0 Å². The third-order valence-electron chi connectivity index (χ3n) is 1.95. The molecule has 5 nitrogen and oxygen atoms in total. The van der Waals surface area contributed by atoms with Gasteiger partial charge in [-0.25, -0.2) is 4.79 Å². The number of hydrogen-bond acceptors (Lipinski definition) is 5. The molecular weight excluding hydrogens is 228 g/mol. The molecule has 82 valence electrons. The van der Waals surface area contributed by atoms with Crippen LogP contribution in [-0.2, 0) is 0 Å². The van der Waals surface area contributed by atoms with E-state index in [0.717, 1.165) is 4.90 Å². The van der Waals surface area contributed by atoms with E-state index in [-0.39, 0.29) is 11.7 Å². The Morgan fingerprint density at radius 3 is 2.56 bits per heavy atom. The Labute approximate surface area is 95.5 Å². The van der Waals surface area contributed by atoms with Gasteiger partial charge in [0, 0.05) is 10.5 Å². The Balaban J connectivity index is 2.31. The van der Waals surface area contributed by atoms with E-state index in [9.17, 15) is 4.79 Å². The highest BCUT2D eigenvalue weighted by atomic mass is 32.2. The molecule has 0 amide bonds.